The zero-order valence-corrected chi connectivity index (χ0v) is 17.7. The summed E-state index contributed by atoms with van der Waals surface area (Å²) in [6.45, 7) is 6.30. The Bertz CT molecular complexity index is 865. The van der Waals surface area contributed by atoms with E-state index in [1.165, 1.54) is 11.6 Å². The van der Waals surface area contributed by atoms with Crippen molar-refractivity contribution in [1.29, 1.82) is 0 Å². The molecule has 0 unspecified atom stereocenters. The maximum atomic E-state index is 12.9. The molecule has 0 saturated carbocycles. The summed E-state index contributed by atoms with van der Waals surface area (Å²) in [5, 5.41) is 8.78. The zero-order chi connectivity index (χ0) is 21.5. The summed E-state index contributed by atoms with van der Waals surface area (Å²) >= 11 is 0. The number of aliphatic hydroxyl groups excluding tert-OH is 1. The fourth-order valence-corrected chi connectivity index (χ4v) is 4.15. The number of rotatable bonds is 7. The first-order valence-corrected chi connectivity index (χ1v) is 10.4. The number of piperazine rings is 1. The Morgan fingerprint density at radius 3 is 2.20 bits per heavy atom. The first-order valence-electron chi connectivity index (χ1n) is 10.4. The summed E-state index contributed by atoms with van der Waals surface area (Å²) in [5.41, 5.74) is 3.18. The summed E-state index contributed by atoms with van der Waals surface area (Å²) in [6.07, 6.45) is 3.55. The lowest BCUT2D eigenvalue weighted by molar-refractivity contribution is -0.138. The zero-order valence-electron chi connectivity index (χ0n) is 17.7. The van der Waals surface area contributed by atoms with E-state index in [9.17, 15) is 9.59 Å². The van der Waals surface area contributed by atoms with Crippen LogP contribution in [0.25, 0.3) is 6.08 Å². The number of amides is 1. The molecule has 0 aliphatic carbocycles. The Balaban J connectivity index is 1.57. The van der Waals surface area contributed by atoms with Crippen LogP contribution in [0, 0.1) is 0 Å². The van der Waals surface area contributed by atoms with Crippen molar-refractivity contribution < 1.29 is 14.7 Å². The number of benzene rings is 2. The molecule has 0 spiro atoms. The summed E-state index contributed by atoms with van der Waals surface area (Å²) in [4.78, 5) is 28.5. The van der Waals surface area contributed by atoms with Crippen LogP contribution in [0.5, 0.6) is 0 Å². The Hall–Kier alpha value is -2.76. The van der Waals surface area contributed by atoms with Gasteiger partial charge in [-0.3, -0.25) is 14.5 Å². The van der Waals surface area contributed by atoms with Gasteiger partial charge >= 0.3 is 0 Å². The van der Waals surface area contributed by atoms with Gasteiger partial charge in [-0.2, -0.15) is 0 Å². The van der Waals surface area contributed by atoms with Crippen molar-refractivity contribution in [2.24, 2.45) is 0 Å². The van der Waals surface area contributed by atoms with E-state index < -0.39 is 6.61 Å². The van der Waals surface area contributed by atoms with E-state index >= 15 is 0 Å². The number of hydrogen-bond donors (Lipinski definition) is 1. The molecule has 5 heteroatoms. The molecule has 0 radical (unpaired) electrons. The van der Waals surface area contributed by atoms with Gasteiger partial charge in [0, 0.05) is 31.7 Å². The van der Waals surface area contributed by atoms with E-state index in [2.05, 4.69) is 30.9 Å². The molecule has 1 N–H and O–H groups in total. The van der Waals surface area contributed by atoms with Crippen LogP contribution in [-0.2, 0) is 22.6 Å². The monoisotopic (exact) mass is 406 g/mol. The predicted molar refractivity (Wildman–Crippen MR) is 119 cm³/mol. The second-order valence-corrected chi connectivity index (χ2v) is 8.05. The van der Waals surface area contributed by atoms with Gasteiger partial charge in [0.1, 0.15) is 6.61 Å². The fourth-order valence-electron chi connectivity index (χ4n) is 4.15. The lowest BCUT2D eigenvalue weighted by atomic mass is 10.0. The summed E-state index contributed by atoms with van der Waals surface area (Å²) in [6, 6.07) is 18.3. The molecule has 2 atom stereocenters. The van der Waals surface area contributed by atoms with Crippen molar-refractivity contribution >= 4 is 17.8 Å². The van der Waals surface area contributed by atoms with E-state index in [0.29, 0.717) is 6.42 Å². The van der Waals surface area contributed by atoms with Crippen LogP contribution in [0.1, 0.15) is 30.5 Å². The van der Waals surface area contributed by atoms with E-state index in [0.717, 1.165) is 30.8 Å². The summed E-state index contributed by atoms with van der Waals surface area (Å²) < 4.78 is 0. The Labute approximate surface area is 178 Å². The molecule has 0 bridgehead atoms. The molecule has 2 aromatic carbocycles. The molecule has 5 nitrogen and oxygen atoms in total. The maximum Gasteiger partial charge on any atom is 0.227 e. The molecule has 0 aromatic heterocycles. The van der Waals surface area contributed by atoms with Crippen LogP contribution < -0.4 is 0 Å². The van der Waals surface area contributed by atoms with Crippen molar-refractivity contribution in [2.45, 2.75) is 38.9 Å². The van der Waals surface area contributed by atoms with Crippen molar-refractivity contribution in [3.8, 4) is 0 Å². The average molecular weight is 407 g/mol. The molecule has 1 heterocycles. The van der Waals surface area contributed by atoms with Crippen molar-refractivity contribution in [3.05, 3.63) is 77.4 Å². The van der Waals surface area contributed by atoms with Gasteiger partial charge in [-0.15, -0.1) is 0 Å². The Morgan fingerprint density at radius 2 is 1.60 bits per heavy atom. The Kier molecular flexibility index (Phi) is 7.55. The molecule has 30 heavy (non-hydrogen) atoms. The number of hydrogen-bond acceptors (Lipinski definition) is 4. The number of ketones is 1. The highest BCUT2D eigenvalue weighted by Gasteiger charge is 2.32. The summed E-state index contributed by atoms with van der Waals surface area (Å²) in [5.74, 6) is -0.115. The van der Waals surface area contributed by atoms with Gasteiger partial charge < -0.3 is 10.0 Å². The van der Waals surface area contributed by atoms with Gasteiger partial charge in [0.25, 0.3) is 0 Å². The lowest BCUT2D eigenvalue weighted by Crippen LogP contribution is -2.58. The third kappa shape index (κ3) is 5.88. The van der Waals surface area contributed by atoms with E-state index in [-0.39, 0.29) is 23.8 Å². The number of nitrogens with zero attached hydrogens (tertiary/aromatic N) is 2. The highest BCUT2D eigenvalue weighted by molar-refractivity contribution is 5.94. The lowest BCUT2D eigenvalue weighted by Gasteiger charge is -2.44. The van der Waals surface area contributed by atoms with Crippen LogP contribution in [0.4, 0.5) is 0 Å². The minimum absolute atomic E-state index is 0.164. The second kappa shape index (κ2) is 10.3. The molecular formula is C25H30N2O3. The first-order chi connectivity index (χ1) is 14.5. The van der Waals surface area contributed by atoms with Gasteiger partial charge in [0.05, 0.1) is 6.42 Å². The predicted octanol–water partition coefficient (Wildman–Crippen LogP) is 2.93. The highest BCUT2D eigenvalue weighted by Crippen LogP contribution is 2.20. The molecule has 1 saturated heterocycles. The van der Waals surface area contributed by atoms with Crippen molar-refractivity contribution in [1.82, 2.24) is 9.80 Å². The van der Waals surface area contributed by atoms with Crippen LogP contribution in [0.3, 0.4) is 0 Å². The quantitative estimate of drug-likeness (QED) is 0.719. The van der Waals surface area contributed by atoms with Gasteiger partial charge in [-0.1, -0.05) is 60.7 Å². The highest BCUT2D eigenvalue weighted by atomic mass is 16.3. The first kappa shape index (κ1) is 21.9. The van der Waals surface area contributed by atoms with E-state index in [1.807, 2.05) is 47.4 Å². The minimum Gasteiger partial charge on any atom is -0.388 e. The molecule has 158 valence electrons. The largest absolute Gasteiger partial charge is 0.388 e. The van der Waals surface area contributed by atoms with Gasteiger partial charge in [-0.25, -0.2) is 0 Å². The van der Waals surface area contributed by atoms with E-state index in [4.69, 9.17) is 5.11 Å². The molecule has 1 fully saturated rings. The van der Waals surface area contributed by atoms with Crippen molar-refractivity contribution in [2.75, 3.05) is 19.7 Å². The van der Waals surface area contributed by atoms with Crippen LogP contribution in [0.15, 0.2) is 60.7 Å². The van der Waals surface area contributed by atoms with Gasteiger partial charge in [-0.05, 0) is 36.6 Å². The van der Waals surface area contributed by atoms with E-state index in [1.54, 1.807) is 6.08 Å². The topological polar surface area (TPSA) is 60.9 Å². The average Bonchev–Trinajstić information content (AvgIpc) is 2.73. The smallest absolute Gasteiger partial charge is 0.227 e. The van der Waals surface area contributed by atoms with Crippen LogP contribution in [-0.4, -0.2) is 58.4 Å². The molecular weight excluding hydrogens is 376 g/mol. The Morgan fingerprint density at radius 1 is 0.967 bits per heavy atom. The van der Waals surface area contributed by atoms with Gasteiger partial charge in [0.2, 0.25) is 5.91 Å². The number of carbonyl (C=O) groups is 2. The molecule has 1 aliphatic heterocycles. The van der Waals surface area contributed by atoms with Crippen molar-refractivity contribution in [3.63, 3.8) is 0 Å². The molecule has 1 amide bonds. The normalized spacial score (nSPS) is 19.9. The second-order valence-electron chi connectivity index (χ2n) is 8.05. The van der Waals surface area contributed by atoms with Crippen LogP contribution >= 0.6 is 0 Å². The molecule has 3 rings (SSSR count). The third-order valence-corrected chi connectivity index (χ3v) is 5.48. The molecule has 2 aromatic rings. The number of aliphatic hydroxyl groups is 1. The minimum atomic E-state index is -0.467. The summed E-state index contributed by atoms with van der Waals surface area (Å²) in [7, 11) is 0. The molecule has 1 aliphatic rings. The fraction of sp³-hybridized carbons (Fsp3) is 0.360. The number of carbonyl (C=O) groups excluding carboxylic acids is 2. The third-order valence-electron chi connectivity index (χ3n) is 5.48. The SMILES string of the molecule is C[C@@H]1CN(Cc2ccc(/C=C/C(=O)CO)cc2)C[C@H](C)N1C(=O)Cc1ccccc1. The van der Waals surface area contributed by atoms with Crippen LogP contribution in [0.2, 0.25) is 0 Å². The standard InChI is InChI=1S/C25H30N2O3/c1-19-15-26(17-23-10-8-21(9-11-23)12-13-24(29)18-28)16-20(2)27(19)25(30)14-22-6-4-3-5-7-22/h3-13,19-20,28H,14-18H2,1-2H3/b13-12+/t19-,20+. The van der Waals surface area contributed by atoms with Gasteiger partial charge in [0.15, 0.2) is 5.78 Å². The maximum absolute atomic E-state index is 12.9.